The van der Waals surface area contributed by atoms with E-state index in [2.05, 4.69) is 0 Å². The third kappa shape index (κ3) is 11.8. The standard InChI is InChI=1S/C48H18AsF36.Li/c50-37(51,52)19-1-20(38(53,54)55)8-31(7-19)49(32-9-21(39(56,57)58)2-22(10-32)40(59,60)61,33-11-23(41(62,63)64)3-24(12-33)42(65,66)67,34-13-25(43(68,69)70)4-26(14-34)44(71,72)73,35-15-27(45(74,75)76)5-28(16-35)46(77,78)79)36-17-29(47(80,81)82)6-30(18-36)48(83,84)85;/h1-18H;/q-1;+1. The molecule has 0 atom stereocenters. The van der Waals surface area contributed by atoms with Gasteiger partial charge in [-0.25, -0.2) is 0 Å². The fourth-order valence-corrected chi connectivity index (χ4v) is 30.8. The molecule has 0 N–H and O–H groups in total. The van der Waals surface area contributed by atoms with Gasteiger partial charge in [0.2, 0.25) is 0 Å². The van der Waals surface area contributed by atoms with E-state index in [9.17, 15) is 0 Å². The van der Waals surface area contributed by atoms with Crippen molar-refractivity contribution in [2.45, 2.75) is 74.1 Å². The van der Waals surface area contributed by atoms with Crippen LogP contribution in [0.25, 0.3) is 0 Å². The number of rotatable bonds is 6. The van der Waals surface area contributed by atoms with Crippen molar-refractivity contribution in [1.29, 1.82) is 0 Å². The van der Waals surface area contributed by atoms with Gasteiger partial charge < -0.3 is 0 Å². The van der Waals surface area contributed by atoms with E-state index >= 15 is 158 Å². The Kier molecular flexibility index (Phi) is 16.9. The molecule has 0 bridgehead atoms. The van der Waals surface area contributed by atoms with Crippen molar-refractivity contribution >= 4 is 37.5 Å². The second kappa shape index (κ2) is 20.5. The molecule has 38 heteroatoms. The van der Waals surface area contributed by atoms with Crippen LogP contribution in [0.3, 0.4) is 0 Å². The number of benzene rings is 6. The van der Waals surface area contributed by atoms with Crippen molar-refractivity contribution in [3.8, 4) is 0 Å². The summed E-state index contributed by atoms with van der Waals surface area (Å²) in [7, 11) is 0. The first-order chi connectivity index (χ1) is 37.6. The summed E-state index contributed by atoms with van der Waals surface area (Å²) in [6.07, 6.45) is -84.5. The summed E-state index contributed by atoms with van der Waals surface area (Å²) in [5.74, 6) is 0. The van der Waals surface area contributed by atoms with E-state index in [0.717, 1.165) is 0 Å². The van der Waals surface area contributed by atoms with Gasteiger partial charge in [0.15, 0.2) is 0 Å². The zero-order valence-electron chi connectivity index (χ0n) is 40.4. The molecular weight excluding hydrogens is 1340 g/mol. The molecule has 0 radical (unpaired) electrons. The predicted octanol–water partition coefficient (Wildman–Crippen LogP) is 14.0. The second-order valence-electron chi connectivity index (χ2n) is 18.3. The summed E-state index contributed by atoms with van der Waals surface area (Å²) in [5.41, 5.74) is -43.0. The van der Waals surface area contributed by atoms with E-state index in [1.54, 1.807) is 0 Å². The molecule has 6 aromatic carbocycles. The normalized spacial score (nSPS) is 15.1. The minimum absolute atomic E-state index is 0. The van der Waals surface area contributed by atoms with Crippen LogP contribution in [-0.2, 0) is 74.1 Å². The molecule has 0 saturated heterocycles. The van der Waals surface area contributed by atoms with Crippen LogP contribution in [0, 0.1) is 0 Å². The number of halogens is 36. The van der Waals surface area contributed by atoms with Crippen LogP contribution in [0.5, 0.6) is 0 Å². The molecule has 86 heavy (non-hydrogen) atoms. The minimum atomic E-state index is -13.1. The monoisotopic (exact) mass is 1360 g/mol. The third-order valence-electron chi connectivity index (χ3n) is 13.3. The van der Waals surface area contributed by atoms with Crippen molar-refractivity contribution in [3.63, 3.8) is 0 Å². The van der Waals surface area contributed by atoms with Crippen molar-refractivity contribution in [1.82, 2.24) is 0 Å². The van der Waals surface area contributed by atoms with Crippen LogP contribution in [0.4, 0.5) is 158 Å². The fourth-order valence-electron chi connectivity index (χ4n) is 9.80. The molecular formula is C48H18AsF36Li. The average molecular weight is 1360 g/mol. The largest absolute Gasteiger partial charge is 1.00 e. The number of hydrogen-bond acceptors (Lipinski definition) is 0. The van der Waals surface area contributed by atoms with Crippen LogP contribution in [-0.4, -0.2) is 11.3 Å². The molecule has 0 spiro atoms. The summed E-state index contributed by atoms with van der Waals surface area (Å²) >= 11 is -13.1. The molecule has 468 valence electrons. The van der Waals surface area contributed by atoms with E-state index in [0.29, 0.717) is 0 Å². The van der Waals surface area contributed by atoms with Crippen molar-refractivity contribution in [3.05, 3.63) is 176 Å². The summed E-state index contributed by atoms with van der Waals surface area (Å²) in [4.78, 5) is 0. The van der Waals surface area contributed by atoms with Gasteiger partial charge in [-0.3, -0.25) is 0 Å². The van der Waals surface area contributed by atoms with Gasteiger partial charge in [0, 0.05) is 0 Å². The van der Waals surface area contributed by atoms with Gasteiger partial charge in [-0.05, 0) is 0 Å². The molecule has 0 aliphatic carbocycles. The zero-order valence-corrected chi connectivity index (χ0v) is 42.3. The van der Waals surface area contributed by atoms with Gasteiger partial charge in [0.05, 0.1) is 0 Å². The molecule has 0 fully saturated rings. The van der Waals surface area contributed by atoms with Gasteiger partial charge in [-0.2, -0.15) is 0 Å². The van der Waals surface area contributed by atoms with E-state index in [4.69, 9.17) is 0 Å². The van der Waals surface area contributed by atoms with E-state index < -0.39 is 288 Å². The zero-order chi connectivity index (χ0) is 65.5. The smallest absolute Gasteiger partial charge is 1.00 e. The Hall–Kier alpha value is -6.04. The van der Waals surface area contributed by atoms with Crippen LogP contribution in [0.15, 0.2) is 109 Å². The molecule has 6 rings (SSSR count). The molecule has 0 aliphatic heterocycles. The SMILES string of the molecule is FC(F)(F)c1cc(C(F)(F)F)cc([As-](c2cc(C(F)(F)F)cc(C(F)(F)F)c2)(c2cc(C(F)(F)F)cc(C(F)(F)F)c2)(c2cc(C(F)(F)F)cc(C(F)(F)F)c2)(c2cc(C(F)(F)F)cc(C(F)(F)F)c2)c2cc(C(F)(F)F)cc(C(F)(F)F)c2)c1.[Li+]. The first kappa shape index (κ1) is 70.7. The van der Waals surface area contributed by atoms with Crippen LogP contribution in [0.2, 0.25) is 0 Å². The van der Waals surface area contributed by atoms with Crippen LogP contribution in [0.1, 0.15) is 66.8 Å². The van der Waals surface area contributed by atoms with E-state index in [1.807, 2.05) is 0 Å². The van der Waals surface area contributed by atoms with Gasteiger partial charge in [0.1, 0.15) is 0 Å². The van der Waals surface area contributed by atoms with E-state index in [-0.39, 0.29) is 18.9 Å². The molecule has 0 aliphatic rings. The Morgan fingerprint density at radius 1 is 0.140 bits per heavy atom. The van der Waals surface area contributed by atoms with Gasteiger partial charge in [-0.1, -0.05) is 0 Å². The molecule has 0 heterocycles. The summed E-state index contributed by atoms with van der Waals surface area (Å²) in [6, 6.07) is -27.9. The van der Waals surface area contributed by atoms with E-state index in [1.165, 1.54) is 0 Å². The Labute approximate surface area is 463 Å². The Balaban J connectivity index is 0.0000135. The topological polar surface area (TPSA) is 0 Å². The van der Waals surface area contributed by atoms with Crippen LogP contribution < -0.4 is 45.0 Å². The minimum Gasteiger partial charge on any atom is 1.00 e. The predicted molar refractivity (Wildman–Crippen MR) is 222 cm³/mol. The Morgan fingerprint density at radius 2 is 0.209 bits per heavy atom. The summed E-state index contributed by atoms with van der Waals surface area (Å²) < 4.78 is 538. The molecule has 0 amide bonds. The maximum atomic E-state index is 15.6. The van der Waals surface area contributed by atoms with Gasteiger partial charge in [-0.15, -0.1) is 0 Å². The molecule has 0 saturated carbocycles. The van der Waals surface area contributed by atoms with Crippen molar-refractivity contribution < 1.29 is 177 Å². The summed E-state index contributed by atoms with van der Waals surface area (Å²) in [5, 5.41) is 0. The molecule has 0 aromatic heterocycles. The summed E-state index contributed by atoms with van der Waals surface area (Å²) in [6.45, 7) is 0. The number of alkyl halides is 36. The molecule has 6 aromatic rings. The Bertz CT molecular complexity index is 2770. The average Bonchev–Trinajstić information content (AvgIpc) is 0.607. The first-order valence-electron chi connectivity index (χ1n) is 21.5. The number of hydrogen-bond donors (Lipinski definition) is 0. The third-order valence-corrected chi connectivity index (χ3v) is 32.8. The van der Waals surface area contributed by atoms with Crippen LogP contribution >= 0.6 is 0 Å². The van der Waals surface area contributed by atoms with Crippen molar-refractivity contribution in [2.24, 2.45) is 0 Å². The molecule has 0 nitrogen and oxygen atoms in total. The second-order valence-corrected chi connectivity index (χ2v) is 31.8. The fraction of sp³-hybridized carbons (Fsp3) is 0.250. The Morgan fingerprint density at radius 3 is 0.267 bits per heavy atom. The first-order valence-corrected chi connectivity index (χ1v) is 27.2. The quantitative estimate of drug-likeness (QED) is 0.115. The maximum absolute atomic E-state index is 15.6. The van der Waals surface area contributed by atoms with Crippen molar-refractivity contribution in [2.75, 3.05) is 0 Å². The molecule has 0 unspecified atom stereocenters. The van der Waals surface area contributed by atoms with Gasteiger partial charge in [0.25, 0.3) is 0 Å². The maximum Gasteiger partial charge on any atom is 1.00 e. The van der Waals surface area contributed by atoms with Gasteiger partial charge >= 0.3 is 464 Å².